The Balaban J connectivity index is 1.54. The Hall–Kier alpha value is -2.00. The van der Waals surface area contributed by atoms with Gasteiger partial charge in [0.1, 0.15) is 0 Å². The fourth-order valence-electron chi connectivity index (χ4n) is 4.43. The Bertz CT molecular complexity index is 857. The molecule has 0 saturated heterocycles. The lowest BCUT2D eigenvalue weighted by molar-refractivity contribution is 0.561. The summed E-state index contributed by atoms with van der Waals surface area (Å²) in [6, 6.07) is 16.0. The third kappa shape index (κ3) is 5.14. The zero-order valence-corrected chi connectivity index (χ0v) is 18.7. The molecule has 0 spiro atoms. The van der Waals surface area contributed by atoms with E-state index in [4.69, 9.17) is 5.73 Å². The zero-order chi connectivity index (χ0) is 20.8. The van der Waals surface area contributed by atoms with Gasteiger partial charge in [0.2, 0.25) is 0 Å². The molecule has 156 valence electrons. The molecule has 4 rings (SSSR count). The van der Waals surface area contributed by atoms with Crippen LogP contribution in [0.5, 0.6) is 0 Å². The first kappa shape index (κ1) is 20.3. The van der Waals surface area contributed by atoms with Gasteiger partial charge in [-0.15, -0.1) is 0 Å². The van der Waals surface area contributed by atoms with Gasteiger partial charge in [-0.1, -0.05) is 24.3 Å². The maximum atomic E-state index is 6.29. The average Bonchev–Trinajstić information content (AvgIpc) is 3.51. The van der Waals surface area contributed by atoms with Crippen molar-refractivity contribution in [3.63, 3.8) is 0 Å². The SMILES string of the molecule is CC(C)(C)Nc1cccc(CC(C)(C)Nc2ccc(C3CC3)cc2)c1C1CC1N. The standard InChI is InChI=1S/C26H37N3/c1-25(2,3)29-23-8-6-7-19(24(23)21-15-22(21)27)16-26(4,5)28-20-13-11-18(12-14-20)17-9-10-17/h6-8,11-14,17,21-22,28-29H,9-10,15-16,27H2,1-5H3. The van der Waals surface area contributed by atoms with Gasteiger partial charge in [0.15, 0.2) is 0 Å². The van der Waals surface area contributed by atoms with Crippen LogP contribution in [0, 0.1) is 0 Å². The summed E-state index contributed by atoms with van der Waals surface area (Å²) < 4.78 is 0. The van der Waals surface area contributed by atoms with Crippen LogP contribution in [0.3, 0.4) is 0 Å². The third-order valence-electron chi connectivity index (χ3n) is 5.99. The molecular formula is C26H37N3. The van der Waals surface area contributed by atoms with E-state index in [1.807, 2.05) is 0 Å². The van der Waals surface area contributed by atoms with E-state index in [2.05, 4.69) is 87.7 Å². The minimum absolute atomic E-state index is 0.0312. The van der Waals surface area contributed by atoms with Crippen LogP contribution < -0.4 is 16.4 Å². The minimum Gasteiger partial charge on any atom is -0.380 e. The molecule has 2 aliphatic carbocycles. The molecule has 2 aromatic rings. The van der Waals surface area contributed by atoms with Gasteiger partial charge in [-0.25, -0.2) is 0 Å². The predicted octanol–water partition coefficient (Wildman–Crippen LogP) is 6.02. The predicted molar refractivity (Wildman–Crippen MR) is 125 cm³/mol. The highest BCUT2D eigenvalue weighted by molar-refractivity contribution is 5.60. The highest BCUT2D eigenvalue weighted by Gasteiger charge is 2.39. The van der Waals surface area contributed by atoms with Crippen molar-refractivity contribution < 1.29 is 0 Å². The molecular weight excluding hydrogens is 354 g/mol. The summed E-state index contributed by atoms with van der Waals surface area (Å²) >= 11 is 0. The van der Waals surface area contributed by atoms with E-state index in [1.54, 1.807) is 0 Å². The van der Waals surface area contributed by atoms with Crippen LogP contribution in [-0.2, 0) is 6.42 Å². The summed E-state index contributed by atoms with van der Waals surface area (Å²) in [5.41, 5.74) is 13.0. The van der Waals surface area contributed by atoms with Gasteiger partial charge < -0.3 is 16.4 Å². The zero-order valence-electron chi connectivity index (χ0n) is 18.7. The Kier molecular flexibility index (Phi) is 5.14. The molecule has 2 fully saturated rings. The van der Waals surface area contributed by atoms with Crippen LogP contribution in [0.1, 0.15) is 82.4 Å². The normalized spacial score (nSPS) is 21.7. The van der Waals surface area contributed by atoms with Crippen molar-refractivity contribution in [3.05, 3.63) is 59.2 Å². The van der Waals surface area contributed by atoms with Crippen LogP contribution in [-0.4, -0.2) is 17.1 Å². The topological polar surface area (TPSA) is 50.1 Å². The van der Waals surface area contributed by atoms with E-state index in [1.165, 1.54) is 40.9 Å². The van der Waals surface area contributed by atoms with Crippen LogP contribution in [0.4, 0.5) is 11.4 Å². The molecule has 0 bridgehead atoms. The molecule has 2 atom stereocenters. The quantitative estimate of drug-likeness (QED) is 0.541. The monoisotopic (exact) mass is 391 g/mol. The summed E-state index contributed by atoms with van der Waals surface area (Å²) in [5.74, 6) is 1.28. The lowest BCUT2D eigenvalue weighted by Gasteiger charge is -2.31. The molecule has 2 unspecified atom stereocenters. The first-order valence-electron chi connectivity index (χ1n) is 11.1. The number of nitrogens with two attached hydrogens (primary N) is 1. The number of rotatable bonds is 7. The second-order valence-electron chi connectivity index (χ2n) is 10.8. The van der Waals surface area contributed by atoms with Gasteiger partial charge in [-0.05, 0) is 101 Å². The summed E-state index contributed by atoms with van der Waals surface area (Å²) in [6.07, 6.45) is 4.76. The average molecular weight is 392 g/mol. The summed E-state index contributed by atoms with van der Waals surface area (Å²) in [7, 11) is 0. The van der Waals surface area contributed by atoms with Crippen molar-refractivity contribution in [2.45, 2.75) is 89.3 Å². The smallest absolute Gasteiger partial charge is 0.0382 e. The van der Waals surface area contributed by atoms with Gasteiger partial charge in [0.05, 0.1) is 0 Å². The summed E-state index contributed by atoms with van der Waals surface area (Å²) in [6.45, 7) is 11.2. The molecule has 0 heterocycles. The fraction of sp³-hybridized carbons (Fsp3) is 0.538. The Labute approximate surface area is 176 Å². The maximum absolute atomic E-state index is 6.29. The van der Waals surface area contributed by atoms with Gasteiger partial charge in [0, 0.05) is 34.4 Å². The molecule has 0 radical (unpaired) electrons. The van der Waals surface area contributed by atoms with Crippen LogP contribution in [0.2, 0.25) is 0 Å². The molecule has 29 heavy (non-hydrogen) atoms. The first-order valence-corrected chi connectivity index (χ1v) is 11.1. The highest BCUT2D eigenvalue weighted by atomic mass is 15.0. The Morgan fingerprint density at radius 1 is 0.931 bits per heavy atom. The lowest BCUT2D eigenvalue weighted by Crippen LogP contribution is -2.34. The maximum Gasteiger partial charge on any atom is 0.0382 e. The van der Waals surface area contributed by atoms with Gasteiger partial charge in [-0.2, -0.15) is 0 Å². The van der Waals surface area contributed by atoms with Crippen molar-refractivity contribution in [1.82, 2.24) is 0 Å². The number of nitrogens with one attached hydrogen (secondary N) is 2. The van der Waals surface area contributed by atoms with E-state index in [0.29, 0.717) is 12.0 Å². The van der Waals surface area contributed by atoms with Crippen LogP contribution in [0.25, 0.3) is 0 Å². The van der Waals surface area contributed by atoms with Crippen molar-refractivity contribution in [3.8, 4) is 0 Å². The number of hydrogen-bond acceptors (Lipinski definition) is 3. The second kappa shape index (κ2) is 7.36. The number of anilines is 2. The van der Waals surface area contributed by atoms with E-state index < -0.39 is 0 Å². The third-order valence-corrected chi connectivity index (χ3v) is 5.99. The fourth-order valence-corrected chi connectivity index (χ4v) is 4.43. The molecule has 0 aromatic heterocycles. The highest BCUT2D eigenvalue weighted by Crippen LogP contribution is 2.45. The summed E-state index contributed by atoms with van der Waals surface area (Å²) in [5, 5.41) is 7.48. The van der Waals surface area contributed by atoms with Crippen molar-refractivity contribution in [1.29, 1.82) is 0 Å². The lowest BCUT2D eigenvalue weighted by atomic mass is 9.88. The first-order chi connectivity index (χ1) is 13.6. The Morgan fingerprint density at radius 2 is 1.59 bits per heavy atom. The Morgan fingerprint density at radius 3 is 2.14 bits per heavy atom. The molecule has 0 aliphatic heterocycles. The van der Waals surface area contributed by atoms with Crippen molar-refractivity contribution in [2.24, 2.45) is 5.73 Å². The number of benzene rings is 2. The molecule has 2 saturated carbocycles. The number of hydrogen-bond donors (Lipinski definition) is 3. The second-order valence-corrected chi connectivity index (χ2v) is 10.8. The molecule has 0 amide bonds. The molecule has 4 N–H and O–H groups in total. The van der Waals surface area contributed by atoms with Gasteiger partial charge >= 0.3 is 0 Å². The van der Waals surface area contributed by atoms with Crippen LogP contribution >= 0.6 is 0 Å². The van der Waals surface area contributed by atoms with Crippen molar-refractivity contribution >= 4 is 11.4 Å². The van der Waals surface area contributed by atoms with Gasteiger partial charge in [0.25, 0.3) is 0 Å². The molecule has 3 heteroatoms. The van der Waals surface area contributed by atoms with E-state index >= 15 is 0 Å². The van der Waals surface area contributed by atoms with E-state index in [-0.39, 0.29) is 11.1 Å². The molecule has 2 aromatic carbocycles. The summed E-state index contributed by atoms with van der Waals surface area (Å²) in [4.78, 5) is 0. The molecule has 3 nitrogen and oxygen atoms in total. The van der Waals surface area contributed by atoms with Gasteiger partial charge in [-0.3, -0.25) is 0 Å². The molecule has 2 aliphatic rings. The van der Waals surface area contributed by atoms with Crippen LogP contribution in [0.15, 0.2) is 42.5 Å². The largest absolute Gasteiger partial charge is 0.380 e. The van der Waals surface area contributed by atoms with E-state index in [0.717, 1.165) is 18.8 Å². The van der Waals surface area contributed by atoms with E-state index in [9.17, 15) is 0 Å². The minimum atomic E-state index is -0.0464. The van der Waals surface area contributed by atoms with Crippen molar-refractivity contribution in [2.75, 3.05) is 10.6 Å².